The lowest BCUT2D eigenvalue weighted by Crippen LogP contribution is -2.06. The lowest BCUT2D eigenvalue weighted by atomic mass is 10.2. The Morgan fingerprint density at radius 3 is 2.91 bits per heavy atom. The van der Waals surface area contributed by atoms with E-state index in [-0.39, 0.29) is 0 Å². The van der Waals surface area contributed by atoms with Crippen LogP contribution in [0.3, 0.4) is 0 Å². The van der Waals surface area contributed by atoms with Gasteiger partial charge in [0.05, 0.1) is 13.7 Å². The molecule has 1 aromatic carbocycles. The van der Waals surface area contributed by atoms with E-state index in [1.807, 2.05) is 42.5 Å². The van der Waals surface area contributed by atoms with Crippen molar-refractivity contribution in [3.05, 3.63) is 54.2 Å². The predicted octanol–water partition coefficient (Wildman–Crippen LogP) is 2.06. The Morgan fingerprint density at radius 1 is 1.23 bits per heavy atom. The molecule has 0 aliphatic heterocycles. The second-order valence-corrected chi connectivity index (χ2v) is 4.64. The topological polar surface area (TPSA) is 90.9 Å². The highest BCUT2D eigenvalue weighted by molar-refractivity contribution is 5.48. The Bertz CT molecular complexity index is 756. The number of hydrogen-bond donors (Lipinski definition) is 2. The van der Waals surface area contributed by atoms with Gasteiger partial charge in [-0.25, -0.2) is 9.67 Å². The molecule has 0 unspecified atom stereocenters. The van der Waals surface area contributed by atoms with E-state index in [4.69, 9.17) is 10.5 Å². The van der Waals surface area contributed by atoms with Crippen molar-refractivity contribution in [1.82, 2.24) is 19.7 Å². The molecule has 2 heterocycles. The molecule has 0 aliphatic carbocycles. The van der Waals surface area contributed by atoms with Crippen molar-refractivity contribution >= 4 is 17.7 Å². The molecule has 112 valence electrons. The van der Waals surface area contributed by atoms with Gasteiger partial charge in [-0.15, -0.1) is 5.10 Å². The quantitative estimate of drug-likeness (QED) is 0.749. The molecule has 0 saturated heterocycles. The fourth-order valence-corrected chi connectivity index (χ4v) is 2.02. The number of benzene rings is 1. The largest absolute Gasteiger partial charge is 0.497 e. The van der Waals surface area contributed by atoms with Gasteiger partial charge in [-0.3, -0.25) is 0 Å². The first kappa shape index (κ1) is 13.9. The van der Waals surface area contributed by atoms with E-state index < -0.39 is 0 Å². The van der Waals surface area contributed by atoms with Crippen LogP contribution in [0.2, 0.25) is 0 Å². The zero-order chi connectivity index (χ0) is 15.4. The summed E-state index contributed by atoms with van der Waals surface area (Å²) in [6, 6.07) is 13.3. The zero-order valence-corrected chi connectivity index (χ0v) is 12.1. The van der Waals surface area contributed by atoms with Crippen molar-refractivity contribution in [2.75, 3.05) is 18.2 Å². The highest BCUT2D eigenvalue weighted by atomic mass is 16.5. The summed E-state index contributed by atoms with van der Waals surface area (Å²) in [5, 5.41) is 7.36. The first-order valence-electron chi connectivity index (χ1n) is 6.76. The fourth-order valence-electron chi connectivity index (χ4n) is 2.02. The second-order valence-electron chi connectivity index (χ2n) is 4.64. The lowest BCUT2D eigenvalue weighted by molar-refractivity contribution is 0.414. The number of methoxy groups -OCH3 is 1. The third-order valence-electron chi connectivity index (χ3n) is 3.07. The van der Waals surface area contributed by atoms with Gasteiger partial charge < -0.3 is 15.8 Å². The van der Waals surface area contributed by atoms with E-state index in [1.54, 1.807) is 18.0 Å². The van der Waals surface area contributed by atoms with Crippen molar-refractivity contribution in [2.24, 2.45) is 0 Å². The number of nitrogens with one attached hydrogen (secondary N) is 1. The van der Waals surface area contributed by atoms with Gasteiger partial charge in [0.2, 0.25) is 11.9 Å². The second kappa shape index (κ2) is 6.13. The molecular weight excluding hydrogens is 280 g/mol. The van der Waals surface area contributed by atoms with Crippen LogP contribution in [0.25, 0.3) is 0 Å². The number of anilines is 3. The molecular formula is C15H16N6O. The maximum atomic E-state index is 5.91. The molecule has 2 aromatic heterocycles. The molecule has 0 radical (unpaired) electrons. The van der Waals surface area contributed by atoms with E-state index in [1.165, 1.54) is 0 Å². The molecule has 0 spiro atoms. The van der Waals surface area contributed by atoms with Crippen molar-refractivity contribution in [3.63, 3.8) is 0 Å². The maximum absolute atomic E-state index is 5.91. The average molecular weight is 296 g/mol. The third kappa shape index (κ3) is 3.14. The third-order valence-corrected chi connectivity index (χ3v) is 3.07. The Kier molecular flexibility index (Phi) is 3.86. The molecule has 7 heteroatoms. The van der Waals surface area contributed by atoms with Crippen LogP contribution in [0, 0.1) is 0 Å². The number of nitrogen functional groups attached to an aromatic ring is 1. The molecule has 0 atom stereocenters. The van der Waals surface area contributed by atoms with Gasteiger partial charge in [-0.1, -0.05) is 18.2 Å². The summed E-state index contributed by atoms with van der Waals surface area (Å²) in [4.78, 5) is 8.35. The monoisotopic (exact) mass is 296 g/mol. The number of nitrogens with two attached hydrogens (primary N) is 1. The number of ether oxygens (including phenoxy) is 1. The minimum Gasteiger partial charge on any atom is -0.497 e. The molecule has 0 amide bonds. The molecule has 7 nitrogen and oxygen atoms in total. The molecule has 3 rings (SSSR count). The van der Waals surface area contributed by atoms with E-state index in [0.29, 0.717) is 24.3 Å². The molecule has 0 saturated carbocycles. The highest BCUT2D eigenvalue weighted by Crippen LogP contribution is 2.16. The molecule has 0 aliphatic rings. The Labute approximate surface area is 127 Å². The minimum absolute atomic E-state index is 0.334. The van der Waals surface area contributed by atoms with Crippen LogP contribution in [0.5, 0.6) is 5.75 Å². The summed E-state index contributed by atoms with van der Waals surface area (Å²) in [6.07, 6.45) is 1.69. The van der Waals surface area contributed by atoms with E-state index in [9.17, 15) is 0 Å². The Morgan fingerprint density at radius 2 is 2.14 bits per heavy atom. The number of rotatable bonds is 5. The van der Waals surface area contributed by atoms with Crippen LogP contribution in [-0.2, 0) is 6.54 Å². The van der Waals surface area contributed by atoms with E-state index in [2.05, 4.69) is 20.4 Å². The lowest BCUT2D eigenvalue weighted by Gasteiger charge is -2.05. The summed E-state index contributed by atoms with van der Waals surface area (Å²) in [5.74, 6) is 2.21. The zero-order valence-electron chi connectivity index (χ0n) is 12.1. The standard InChI is InChI=1S/C15H16N6O/c1-22-12-6-4-5-11(9-12)10-21-14(16)19-15(20-21)18-13-7-2-3-8-17-13/h2-9H,10H2,1H3,(H3,16,17,18,19,20). The molecule has 3 N–H and O–H groups in total. The molecule has 3 aromatic rings. The Balaban J connectivity index is 1.77. The summed E-state index contributed by atoms with van der Waals surface area (Å²) in [5.41, 5.74) is 6.94. The normalized spacial score (nSPS) is 10.4. The first-order chi connectivity index (χ1) is 10.7. The van der Waals surface area contributed by atoms with Crippen LogP contribution >= 0.6 is 0 Å². The van der Waals surface area contributed by atoms with Gasteiger partial charge in [0.1, 0.15) is 11.6 Å². The maximum Gasteiger partial charge on any atom is 0.249 e. The number of pyridine rings is 1. The van der Waals surface area contributed by atoms with Gasteiger partial charge in [-0.2, -0.15) is 4.98 Å². The van der Waals surface area contributed by atoms with Crippen molar-refractivity contribution < 1.29 is 4.74 Å². The fraction of sp³-hybridized carbons (Fsp3) is 0.133. The number of hydrogen-bond acceptors (Lipinski definition) is 6. The van der Waals surface area contributed by atoms with Gasteiger partial charge in [0.15, 0.2) is 0 Å². The Hall–Kier alpha value is -3.09. The smallest absolute Gasteiger partial charge is 0.249 e. The van der Waals surface area contributed by atoms with E-state index in [0.717, 1.165) is 11.3 Å². The van der Waals surface area contributed by atoms with Crippen LogP contribution in [-0.4, -0.2) is 26.9 Å². The predicted molar refractivity (Wildman–Crippen MR) is 84.1 cm³/mol. The summed E-state index contributed by atoms with van der Waals surface area (Å²) in [7, 11) is 1.64. The van der Waals surface area contributed by atoms with Gasteiger partial charge in [0.25, 0.3) is 0 Å². The van der Waals surface area contributed by atoms with E-state index >= 15 is 0 Å². The summed E-state index contributed by atoms with van der Waals surface area (Å²) < 4.78 is 6.83. The van der Waals surface area contributed by atoms with Crippen molar-refractivity contribution in [3.8, 4) is 5.75 Å². The average Bonchev–Trinajstić information content (AvgIpc) is 2.88. The van der Waals surface area contributed by atoms with Gasteiger partial charge in [-0.05, 0) is 29.8 Å². The molecule has 22 heavy (non-hydrogen) atoms. The summed E-state index contributed by atoms with van der Waals surface area (Å²) >= 11 is 0. The summed E-state index contributed by atoms with van der Waals surface area (Å²) in [6.45, 7) is 0.514. The molecule has 0 bridgehead atoms. The van der Waals surface area contributed by atoms with Gasteiger partial charge in [0, 0.05) is 6.20 Å². The van der Waals surface area contributed by atoms with Crippen LogP contribution in [0.15, 0.2) is 48.7 Å². The number of aromatic nitrogens is 4. The van der Waals surface area contributed by atoms with Crippen molar-refractivity contribution in [2.45, 2.75) is 6.54 Å². The minimum atomic E-state index is 0.334. The highest BCUT2D eigenvalue weighted by Gasteiger charge is 2.08. The molecule has 0 fully saturated rings. The van der Waals surface area contributed by atoms with Crippen molar-refractivity contribution in [1.29, 1.82) is 0 Å². The van der Waals surface area contributed by atoms with Crippen LogP contribution in [0.4, 0.5) is 17.7 Å². The van der Waals surface area contributed by atoms with Gasteiger partial charge >= 0.3 is 0 Å². The SMILES string of the molecule is COc1cccc(Cn2nc(Nc3ccccn3)nc2N)c1. The van der Waals surface area contributed by atoms with Crippen LogP contribution < -0.4 is 15.8 Å². The number of nitrogens with zero attached hydrogens (tertiary/aromatic N) is 4. The van der Waals surface area contributed by atoms with Crippen LogP contribution in [0.1, 0.15) is 5.56 Å². The first-order valence-corrected chi connectivity index (χ1v) is 6.76.